The first kappa shape index (κ1) is 21.6. The molecule has 0 aliphatic carbocycles. The van der Waals surface area contributed by atoms with Crippen LogP contribution in [0.4, 0.5) is 4.79 Å². The van der Waals surface area contributed by atoms with Gasteiger partial charge in [-0.2, -0.15) is 0 Å². The van der Waals surface area contributed by atoms with Crippen LogP contribution < -0.4 is 5.32 Å². The summed E-state index contributed by atoms with van der Waals surface area (Å²) in [5.41, 5.74) is 2.95. The number of carbonyl (C=O) groups excluding carboxylic acids is 2. The Balaban J connectivity index is 2.00. The molecule has 5 nitrogen and oxygen atoms in total. The predicted molar refractivity (Wildman–Crippen MR) is 119 cm³/mol. The van der Waals surface area contributed by atoms with E-state index in [1.54, 1.807) is 6.08 Å². The van der Waals surface area contributed by atoms with Crippen molar-refractivity contribution in [1.82, 2.24) is 10.2 Å². The number of amides is 3. The molecule has 30 heavy (non-hydrogen) atoms. The fraction of sp³-hybridized carbons (Fsp3) is 0.360. The summed E-state index contributed by atoms with van der Waals surface area (Å²) in [7, 11) is 0. The normalized spacial score (nSPS) is 16.3. The average molecular weight is 407 g/mol. The fourth-order valence-corrected chi connectivity index (χ4v) is 3.53. The zero-order chi connectivity index (χ0) is 22.3. The molecule has 0 bridgehead atoms. The highest BCUT2D eigenvalue weighted by molar-refractivity contribution is 6.13. The lowest BCUT2D eigenvalue weighted by molar-refractivity contribution is -0.123. The zero-order valence-corrected chi connectivity index (χ0v) is 18.5. The molecule has 1 aliphatic rings. The minimum Gasteiger partial charge on any atom is -0.507 e. The molecule has 0 atom stereocenters. The molecule has 0 spiro atoms. The van der Waals surface area contributed by atoms with Crippen molar-refractivity contribution < 1.29 is 14.7 Å². The number of urea groups is 1. The molecule has 2 aromatic rings. The number of phenolic OH excluding ortho intramolecular Hbond substituents is 1. The third-order valence-electron chi connectivity index (χ3n) is 5.21. The lowest BCUT2D eigenvalue weighted by Gasteiger charge is -2.28. The highest BCUT2D eigenvalue weighted by atomic mass is 16.3. The Morgan fingerprint density at radius 2 is 1.47 bits per heavy atom. The van der Waals surface area contributed by atoms with Crippen LogP contribution in [0, 0.1) is 0 Å². The van der Waals surface area contributed by atoms with Crippen LogP contribution in [0.25, 0.3) is 6.08 Å². The molecule has 2 aromatic carbocycles. The number of phenols is 1. The van der Waals surface area contributed by atoms with Crippen LogP contribution in [-0.4, -0.2) is 21.9 Å². The van der Waals surface area contributed by atoms with Gasteiger partial charge in [0.25, 0.3) is 5.91 Å². The van der Waals surface area contributed by atoms with Crippen molar-refractivity contribution in [3.8, 4) is 5.75 Å². The van der Waals surface area contributed by atoms with E-state index in [0.29, 0.717) is 0 Å². The highest BCUT2D eigenvalue weighted by Gasteiger charge is 2.34. The van der Waals surface area contributed by atoms with Gasteiger partial charge in [0.1, 0.15) is 11.4 Å². The van der Waals surface area contributed by atoms with Gasteiger partial charge in [-0.1, -0.05) is 71.9 Å². The summed E-state index contributed by atoms with van der Waals surface area (Å²) in [5, 5.41) is 13.6. The van der Waals surface area contributed by atoms with E-state index in [1.165, 1.54) is 4.90 Å². The van der Waals surface area contributed by atoms with Gasteiger partial charge in [-0.3, -0.25) is 9.69 Å². The van der Waals surface area contributed by atoms with Crippen LogP contribution in [-0.2, 0) is 22.2 Å². The average Bonchev–Trinajstić information content (AvgIpc) is 2.89. The molecule has 1 heterocycles. The zero-order valence-electron chi connectivity index (χ0n) is 18.5. The van der Waals surface area contributed by atoms with Crippen molar-refractivity contribution in [3.05, 3.63) is 70.4 Å². The quantitative estimate of drug-likeness (QED) is 0.552. The Kier molecular flexibility index (Phi) is 5.50. The second kappa shape index (κ2) is 7.63. The van der Waals surface area contributed by atoms with Crippen LogP contribution in [0.15, 0.2) is 48.2 Å². The molecule has 1 saturated heterocycles. The van der Waals surface area contributed by atoms with Crippen molar-refractivity contribution in [3.63, 3.8) is 0 Å². The number of nitrogens with zero attached hydrogens (tertiary/aromatic N) is 1. The van der Waals surface area contributed by atoms with Crippen LogP contribution in [0.5, 0.6) is 5.75 Å². The van der Waals surface area contributed by atoms with Crippen LogP contribution in [0.1, 0.15) is 63.8 Å². The van der Waals surface area contributed by atoms with Gasteiger partial charge in [0.15, 0.2) is 0 Å². The number of carbonyl (C=O) groups is 2. The largest absolute Gasteiger partial charge is 0.507 e. The second-order valence-corrected chi connectivity index (χ2v) is 9.83. The number of benzene rings is 2. The highest BCUT2D eigenvalue weighted by Crippen LogP contribution is 2.40. The minimum atomic E-state index is -0.430. The molecule has 158 valence electrons. The molecule has 1 fully saturated rings. The molecule has 5 heteroatoms. The summed E-state index contributed by atoms with van der Waals surface area (Å²) < 4.78 is 0. The number of nitrogens with one attached hydrogen (secondary N) is 1. The third-order valence-corrected chi connectivity index (χ3v) is 5.21. The number of aromatic hydroxyl groups is 1. The first-order chi connectivity index (χ1) is 13.9. The molecule has 0 aromatic heterocycles. The molecular weight excluding hydrogens is 376 g/mol. The number of imide groups is 1. The van der Waals surface area contributed by atoms with Crippen molar-refractivity contribution in [2.24, 2.45) is 0 Å². The fourth-order valence-electron chi connectivity index (χ4n) is 3.53. The second-order valence-electron chi connectivity index (χ2n) is 9.83. The molecule has 3 rings (SSSR count). The maximum Gasteiger partial charge on any atom is 0.329 e. The maximum atomic E-state index is 12.9. The molecule has 3 amide bonds. The van der Waals surface area contributed by atoms with Gasteiger partial charge in [-0.25, -0.2) is 4.79 Å². The number of hydrogen-bond acceptors (Lipinski definition) is 3. The monoisotopic (exact) mass is 406 g/mol. The Bertz CT molecular complexity index is 974. The summed E-state index contributed by atoms with van der Waals surface area (Å²) in [5.74, 6) is -0.0730. The lowest BCUT2D eigenvalue weighted by Crippen LogP contribution is -2.30. The van der Waals surface area contributed by atoms with Gasteiger partial charge in [0.2, 0.25) is 0 Å². The van der Waals surface area contributed by atoms with Gasteiger partial charge in [0, 0.05) is 11.1 Å². The van der Waals surface area contributed by atoms with Gasteiger partial charge < -0.3 is 10.4 Å². The Labute approximate surface area is 178 Å². The van der Waals surface area contributed by atoms with Crippen molar-refractivity contribution in [1.29, 1.82) is 0 Å². The van der Waals surface area contributed by atoms with Crippen molar-refractivity contribution >= 4 is 18.0 Å². The van der Waals surface area contributed by atoms with Crippen LogP contribution in [0.3, 0.4) is 0 Å². The molecule has 0 radical (unpaired) electrons. The summed E-state index contributed by atoms with van der Waals surface area (Å²) in [4.78, 5) is 26.5. The molecule has 0 unspecified atom stereocenters. The van der Waals surface area contributed by atoms with Gasteiger partial charge >= 0.3 is 6.03 Å². The van der Waals surface area contributed by atoms with E-state index < -0.39 is 6.03 Å². The maximum absolute atomic E-state index is 12.9. The Morgan fingerprint density at radius 1 is 0.933 bits per heavy atom. The third kappa shape index (κ3) is 4.40. The van der Waals surface area contributed by atoms with Crippen molar-refractivity contribution in [2.75, 3.05) is 0 Å². The number of hydrogen-bond donors (Lipinski definition) is 2. The molecule has 0 saturated carbocycles. The van der Waals surface area contributed by atoms with Gasteiger partial charge in [-0.05, 0) is 40.2 Å². The summed E-state index contributed by atoms with van der Waals surface area (Å²) in [6, 6.07) is 12.8. The topological polar surface area (TPSA) is 69.6 Å². The van der Waals surface area contributed by atoms with E-state index in [9.17, 15) is 14.7 Å². The van der Waals surface area contributed by atoms with E-state index >= 15 is 0 Å². The Hall–Kier alpha value is -3.08. The van der Waals surface area contributed by atoms with Gasteiger partial charge in [0.05, 0.1) is 6.54 Å². The van der Waals surface area contributed by atoms with Crippen LogP contribution >= 0.6 is 0 Å². The van der Waals surface area contributed by atoms with Crippen molar-refractivity contribution in [2.45, 2.75) is 58.9 Å². The van der Waals surface area contributed by atoms with E-state index in [0.717, 1.165) is 22.3 Å². The Morgan fingerprint density at radius 3 is 1.97 bits per heavy atom. The first-order valence-corrected chi connectivity index (χ1v) is 10.1. The predicted octanol–water partition coefficient (Wildman–Crippen LogP) is 5.08. The first-order valence-electron chi connectivity index (χ1n) is 10.1. The standard InChI is InChI=1S/C25H30N2O3/c1-24(2,3)18-12-17(13-19(21(18)28)25(4,5)6)14-20-22(29)27(23(30)26-20)15-16-10-8-7-9-11-16/h7-14,28H,15H2,1-6H3,(H,26,30). The van der Waals surface area contributed by atoms with Crippen LogP contribution in [0.2, 0.25) is 0 Å². The summed E-state index contributed by atoms with van der Waals surface area (Å²) in [6.07, 6.45) is 1.69. The van der Waals surface area contributed by atoms with E-state index in [-0.39, 0.29) is 34.7 Å². The SMILES string of the molecule is CC(C)(C)c1cc(C=C2NC(=O)N(Cc3ccccc3)C2=O)cc(C(C)(C)C)c1O. The lowest BCUT2D eigenvalue weighted by atomic mass is 9.78. The molecular formula is C25H30N2O3. The molecule has 2 N–H and O–H groups in total. The molecule has 1 aliphatic heterocycles. The van der Waals surface area contributed by atoms with E-state index in [2.05, 4.69) is 5.32 Å². The smallest absolute Gasteiger partial charge is 0.329 e. The minimum absolute atomic E-state index is 0.221. The van der Waals surface area contributed by atoms with E-state index in [1.807, 2.05) is 84.0 Å². The summed E-state index contributed by atoms with van der Waals surface area (Å²) >= 11 is 0. The van der Waals surface area contributed by atoms with E-state index in [4.69, 9.17) is 0 Å². The summed E-state index contributed by atoms with van der Waals surface area (Å²) in [6.45, 7) is 12.4. The number of rotatable bonds is 3. The van der Waals surface area contributed by atoms with Gasteiger partial charge in [-0.15, -0.1) is 0 Å².